The van der Waals surface area contributed by atoms with Crippen molar-refractivity contribution in [2.45, 2.75) is 17.9 Å². The van der Waals surface area contributed by atoms with Crippen molar-refractivity contribution in [1.82, 2.24) is 5.32 Å². The molecule has 0 heterocycles. The number of carboxylic acids is 1. The van der Waals surface area contributed by atoms with Crippen LogP contribution in [0.4, 0.5) is 0 Å². The molecule has 5 nitrogen and oxygen atoms in total. The number of phenols is 1. The molecule has 1 amide bonds. The van der Waals surface area contributed by atoms with Gasteiger partial charge in [0.1, 0.15) is 11.8 Å². The van der Waals surface area contributed by atoms with Crippen molar-refractivity contribution in [1.29, 1.82) is 0 Å². The van der Waals surface area contributed by atoms with E-state index in [-0.39, 0.29) is 11.5 Å². The number of carbonyl (C=O) groups is 2. The molecule has 0 bridgehead atoms. The lowest BCUT2D eigenvalue weighted by molar-refractivity contribution is -0.140. The van der Waals surface area contributed by atoms with E-state index in [1.54, 1.807) is 12.1 Å². The lowest BCUT2D eigenvalue weighted by Gasteiger charge is -2.13. The minimum absolute atomic E-state index is 0.0789. The zero-order valence-electron chi connectivity index (χ0n) is 9.51. The van der Waals surface area contributed by atoms with Crippen molar-refractivity contribution < 1.29 is 19.8 Å². The Labute approximate surface area is 117 Å². The minimum Gasteiger partial charge on any atom is -0.507 e. The van der Waals surface area contributed by atoms with E-state index < -0.39 is 17.9 Å². The van der Waals surface area contributed by atoms with Crippen LogP contribution in [-0.4, -0.2) is 33.9 Å². The predicted octanol–water partition coefficient (Wildman–Crippen LogP) is 1.84. The number of hydrogen-bond acceptors (Lipinski definition) is 4. The van der Waals surface area contributed by atoms with Gasteiger partial charge in [-0.05, 0) is 18.2 Å². The molecular weight excluding hydrogens is 322 g/mol. The highest BCUT2D eigenvalue weighted by atomic mass is 79.9. The monoisotopic (exact) mass is 333 g/mol. The highest BCUT2D eigenvalue weighted by Crippen LogP contribution is 2.31. The third kappa shape index (κ3) is 4.58. The Morgan fingerprint density at radius 2 is 2.17 bits per heavy atom. The normalized spacial score (nSPS) is 11.9. The van der Waals surface area contributed by atoms with Crippen LogP contribution in [0, 0.1) is 0 Å². The van der Waals surface area contributed by atoms with Crippen molar-refractivity contribution in [2.24, 2.45) is 0 Å². The molecular formula is C11H12BrNO4S. The van der Waals surface area contributed by atoms with Crippen LogP contribution in [0.5, 0.6) is 5.75 Å². The summed E-state index contributed by atoms with van der Waals surface area (Å²) in [6.45, 7) is 1.26. The molecule has 1 atom stereocenters. The minimum atomic E-state index is -1.10. The Bertz CT molecular complexity index is 466. The molecule has 7 heteroatoms. The Balaban J connectivity index is 2.69. The van der Waals surface area contributed by atoms with E-state index in [2.05, 4.69) is 21.2 Å². The SMILES string of the molecule is CC(=O)N[C@@H](CSc1cc(Br)ccc1O)C(=O)O. The first-order valence-electron chi connectivity index (χ1n) is 5.01. The summed E-state index contributed by atoms with van der Waals surface area (Å²) >= 11 is 4.43. The van der Waals surface area contributed by atoms with Crippen molar-refractivity contribution in [2.75, 3.05) is 5.75 Å². The molecule has 1 rings (SSSR count). The largest absolute Gasteiger partial charge is 0.507 e. The number of halogens is 1. The number of aliphatic carboxylic acids is 1. The van der Waals surface area contributed by atoms with E-state index >= 15 is 0 Å². The Morgan fingerprint density at radius 1 is 1.50 bits per heavy atom. The smallest absolute Gasteiger partial charge is 0.327 e. The summed E-state index contributed by atoms with van der Waals surface area (Å²) in [7, 11) is 0. The van der Waals surface area contributed by atoms with E-state index in [9.17, 15) is 14.7 Å². The predicted molar refractivity (Wildman–Crippen MR) is 71.8 cm³/mol. The Morgan fingerprint density at radius 3 is 2.72 bits per heavy atom. The second-order valence-corrected chi connectivity index (χ2v) is 5.49. The molecule has 0 fully saturated rings. The fourth-order valence-electron chi connectivity index (χ4n) is 1.20. The summed E-state index contributed by atoms with van der Waals surface area (Å²) in [5.41, 5.74) is 0. The molecule has 0 spiro atoms. The summed E-state index contributed by atoms with van der Waals surface area (Å²) < 4.78 is 0.786. The second-order valence-electron chi connectivity index (χ2n) is 3.51. The number of hydrogen-bond donors (Lipinski definition) is 3. The first-order chi connectivity index (χ1) is 8.40. The van der Waals surface area contributed by atoms with E-state index in [1.165, 1.54) is 13.0 Å². The maximum Gasteiger partial charge on any atom is 0.327 e. The standard InChI is InChI=1S/C11H12BrNO4S/c1-6(14)13-8(11(16)17)5-18-10-4-7(12)2-3-9(10)15/h2-4,8,15H,5H2,1H3,(H,13,14)(H,16,17)/t8-/m0/s1. The summed E-state index contributed by atoms with van der Waals surface area (Å²) in [5.74, 6) is -1.29. The van der Waals surface area contributed by atoms with Gasteiger partial charge < -0.3 is 15.5 Å². The summed E-state index contributed by atoms with van der Waals surface area (Å²) in [5, 5.41) is 20.8. The van der Waals surface area contributed by atoms with Gasteiger partial charge >= 0.3 is 5.97 Å². The molecule has 1 aromatic carbocycles. The first-order valence-corrected chi connectivity index (χ1v) is 6.79. The van der Waals surface area contributed by atoms with Crippen LogP contribution in [0.3, 0.4) is 0 Å². The van der Waals surface area contributed by atoms with Crippen LogP contribution < -0.4 is 5.32 Å². The molecule has 0 radical (unpaired) electrons. The quantitative estimate of drug-likeness (QED) is 0.716. The van der Waals surface area contributed by atoms with Crippen LogP contribution in [0.2, 0.25) is 0 Å². The molecule has 0 aromatic heterocycles. The molecule has 0 aliphatic heterocycles. The highest BCUT2D eigenvalue weighted by molar-refractivity contribution is 9.10. The fraction of sp³-hybridized carbons (Fsp3) is 0.273. The van der Waals surface area contributed by atoms with E-state index in [1.807, 2.05) is 0 Å². The first kappa shape index (κ1) is 14.8. The summed E-state index contributed by atoms with van der Waals surface area (Å²) in [6.07, 6.45) is 0. The molecule has 0 aliphatic rings. The number of aromatic hydroxyl groups is 1. The van der Waals surface area contributed by atoms with Crippen molar-refractivity contribution in [3.05, 3.63) is 22.7 Å². The van der Waals surface area contributed by atoms with Crippen molar-refractivity contribution in [3.8, 4) is 5.75 Å². The van der Waals surface area contributed by atoms with Gasteiger partial charge in [-0.15, -0.1) is 11.8 Å². The van der Waals surface area contributed by atoms with Gasteiger partial charge in [0.2, 0.25) is 5.91 Å². The Kier molecular flexibility index (Phi) is 5.49. The summed E-state index contributed by atoms with van der Waals surface area (Å²) in [6, 6.07) is 3.90. The number of benzene rings is 1. The number of amides is 1. The molecule has 0 unspecified atom stereocenters. The molecule has 1 aromatic rings. The lowest BCUT2D eigenvalue weighted by Crippen LogP contribution is -2.41. The zero-order chi connectivity index (χ0) is 13.7. The van der Waals surface area contributed by atoms with Gasteiger partial charge in [0.05, 0.1) is 4.90 Å². The third-order valence-electron chi connectivity index (χ3n) is 2.00. The summed E-state index contributed by atoms with van der Waals surface area (Å²) in [4.78, 5) is 22.3. The van der Waals surface area contributed by atoms with Crippen LogP contribution in [0.25, 0.3) is 0 Å². The van der Waals surface area contributed by atoms with Gasteiger partial charge in [-0.3, -0.25) is 4.79 Å². The third-order valence-corrected chi connectivity index (χ3v) is 3.63. The molecule has 98 valence electrons. The highest BCUT2D eigenvalue weighted by Gasteiger charge is 2.19. The number of carbonyl (C=O) groups excluding carboxylic acids is 1. The zero-order valence-corrected chi connectivity index (χ0v) is 11.9. The molecule has 0 saturated carbocycles. The topological polar surface area (TPSA) is 86.6 Å². The van der Waals surface area contributed by atoms with E-state index in [4.69, 9.17) is 5.11 Å². The van der Waals surface area contributed by atoms with Crippen LogP contribution in [0.1, 0.15) is 6.92 Å². The van der Waals surface area contributed by atoms with Crippen molar-refractivity contribution >= 4 is 39.6 Å². The average Bonchev–Trinajstić information content (AvgIpc) is 2.27. The Hall–Kier alpha value is -1.21. The second kappa shape index (κ2) is 6.65. The molecule has 0 saturated heterocycles. The molecule has 0 aliphatic carbocycles. The number of thioether (sulfide) groups is 1. The van der Waals surface area contributed by atoms with Gasteiger partial charge in [-0.2, -0.15) is 0 Å². The van der Waals surface area contributed by atoms with Gasteiger partial charge in [0.15, 0.2) is 0 Å². The van der Waals surface area contributed by atoms with E-state index in [0.29, 0.717) is 4.90 Å². The maximum atomic E-state index is 10.9. The number of phenolic OH excluding ortho intramolecular Hbond substituents is 1. The number of nitrogens with one attached hydrogen (secondary N) is 1. The average molecular weight is 334 g/mol. The van der Waals surface area contributed by atoms with Gasteiger partial charge in [0.25, 0.3) is 0 Å². The van der Waals surface area contributed by atoms with Crippen molar-refractivity contribution in [3.63, 3.8) is 0 Å². The lowest BCUT2D eigenvalue weighted by atomic mass is 10.3. The maximum absolute atomic E-state index is 10.9. The van der Waals surface area contributed by atoms with Crippen LogP contribution >= 0.6 is 27.7 Å². The van der Waals surface area contributed by atoms with Crippen LogP contribution in [-0.2, 0) is 9.59 Å². The van der Waals surface area contributed by atoms with Crippen LogP contribution in [0.15, 0.2) is 27.6 Å². The molecule has 18 heavy (non-hydrogen) atoms. The van der Waals surface area contributed by atoms with Gasteiger partial charge in [0, 0.05) is 17.1 Å². The van der Waals surface area contributed by atoms with Gasteiger partial charge in [-0.25, -0.2) is 4.79 Å². The van der Waals surface area contributed by atoms with Gasteiger partial charge in [-0.1, -0.05) is 15.9 Å². The molecule has 3 N–H and O–H groups in total. The van der Waals surface area contributed by atoms with E-state index in [0.717, 1.165) is 16.2 Å². The fourth-order valence-corrected chi connectivity index (χ4v) is 2.71. The number of rotatable bonds is 5. The number of carboxylic acid groups (broad SMARTS) is 1.